The molecule has 1 aliphatic heterocycles. The van der Waals surface area contributed by atoms with Crippen molar-refractivity contribution in [2.24, 2.45) is 0 Å². The maximum atomic E-state index is 12.4. The summed E-state index contributed by atoms with van der Waals surface area (Å²) >= 11 is 1.01. The number of carboxylic acid groups (broad SMARTS) is 1. The summed E-state index contributed by atoms with van der Waals surface area (Å²) in [4.78, 5) is 48.1. The summed E-state index contributed by atoms with van der Waals surface area (Å²) in [7, 11) is 0. The fourth-order valence-electron chi connectivity index (χ4n) is 2.87. The van der Waals surface area contributed by atoms with Crippen molar-refractivity contribution in [2.75, 3.05) is 44.4 Å². The molecule has 1 saturated heterocycles. The molecule has 1 aliphatic rings. The Morgan fingerprint density at radius 1 is 1.03 bits per heavy atom. The van der Waals surface area contributed by atoms with E-state index in [-0.39, 0.29) is 18.7 Å². The third-order valence-corrected chi connectivity index (χ3v) is 5.09. The number of nitrogens with one attached hydrogen (secondary N) is 1. The van der Waals surface area contributed by atoms with E-state index in [2.05, 4.69) is 14.1 Å². The van der Waals surface area contributed by atoms with Crippen LogP contribution in [0.1, 0.15) is 27.7 Å². The standard InChI is InChI=1S/C23H32N4O10S/c1-15(35-18(30)6-5-17(28)29)36-19(31)7-8-20(32)37-16(13-24-23(2,3)4)14-34-22-21(25-38-26-22)27-9-11-33-12-10-27/h5-8,15-16,24H,9-14H2,1-4H3,(H,28,29)/b6-5-,8-7+/t15?,16-/m0/s1. The van der Waals surface area contributed by atoms with Crippen LogP contribution < -0.4 is 15.0 Å². The van der Waals surface area contributed by atoms with Crippen LogP contribution in [0.4, 0.5) is 5.82 Å². The Kier molecular flexibility index (Phi) is 12.1. The van der Waals surface area contributed by atoms with Gasteiger partial charge in [-0.15, -0.1) is 4.37 Å². The van der Waals surface area contributed by atoms with E-state index in [0.717, 1.165) is 23.9 Å². The average Bonchev–Trinajstić information content (AvgIpc) is 3.31. The number of hydrogen-bond acceptors (Lipinski definition) is 14. The second kappa shape index (κ2) is 15.0. The highest BCUT2D eigenvalue weighted by Crippen LogP contribution is 2.26. The number of carbonyl (C=O) groups excluding carboxylic acids is 3. The van der Waals surface area contributed by atoms with Gasteiger partial charge in [-0.1, -0.05) is 0 Å². The molecule has 210 valence electrons. The lowest BCUT2D eigenvalue weighted by Crippen LogP contribution is -2.44. The zero-order chi connectivity index (χ0) is 28.1. The topological polar surface area (TPSA) is 176 Å². The summed E-state index contributed by atoms with van der Waals surface area (Å²) in [6, 6.07) is 0. The maximum Gasteiger partial charge on any atom is 0.334 e. The minimum atomic E-state index is -1.34. The average molecular weight is 557 g/mol. The Bertz CT molecular complexity index is 1010. The predicted octanol–water partition coefficient (Wildman–Crippen LogP) is 0.683. The van der Waals surface area contributed by atoms with Crippen molar-refractivity contribution >= 4 is 41.4 Å². The van der Waals surface area contributed by atoms with E-state index in [9.17, 15) is 19.2 Å². The van der Waals surface area contributed by atoms with Crippen LogP contribution in [0.2, 0.25) is 0 Å². The van der Waals surface area contributed by atoms with Gasteiger partial charge in [-0.2, -0.15) is 4.37 Å². The Labute approximate surface area is 223 Å². The van der Waals surface area contributed by atoms with Crippen molar-refractivity contribution in [1.29, 1.82) is 0 Å². The van der Waals surface area contributed by atoms with Crippen LogP contribution in [0.25, 0.3) is 0 Å². The molecule has 1 unspecified atom stereocenters. The third kappa shape index (κ3) is 12.1. The minimum Gasteiger partial charge on any atom is -0.478 e. The summed E-state index contributed by atoms with van der Waals surface area (Å²) in [5.74, 6) is -3.23. The smallest absolute Gasteiger partial charge is 0.334 e. The zero-order valence-electron chi connectivity index (χ0n) is 21.6. The number of rotatable bonds is 13. The Balaban J connectivity index is 1.91. The summed E-state index contributed by atoms with van der Waals surface area (Å²) < 4.78 is 34.7. The van der Waals surface area contributed by atoms with Gasteiger partial charge in [0.05, 0.1) is 24.9 Å². The van der Waals surface area contributed by atoms with Crippen molar-refractivity contribution in [1.82, 2.24) is 14.1 Å². The molecule has 14 nitrogen and oxygen atoms in total. The molecule has 38 heavy (non-hydrogen) atoms. The Morgan fingerprint density at radius 2 is 1.61 bits per heavy atom. The largest absolute Gasteiger partial charge is 0.478 e. The van der Waals surface area contributed by atoms with Crippen molar-refractivity contribution < 1.29 is 48.0 Å². The normalized spacial score (nSPS) is 15.7. The molecule has 0 spiro atoms. The quantitative estimate of drug-likeness (QED) is 0.197. The van der Waals surface area contributed by atoms with E-state index in [0.29, 0.717) is 50.2 Å². The van der Waals surface area contributed by atoms with Crippen LogP contribution in [-0.2, 0) is 38.1 Å². The first-order valence-electron chi connectivity index (χ1n) is 11.7. The van der Waals surface area contributed by atoms with Gasteiger partial charge in [-0.25, -0.2) is 19.2 Å². The molecular weight excluding hydrogens is 524 g/mol. The number of nitrogens with zero attached hydrogens (tertiary/aromatic N) is 3. The van der Waals surface area contributed by atoms with Crippen LogP contribution in [0.5, 0.6) is 5.88 Å². The lowest BCUT2D eigenvalue weighted by molar-refractivity contribution is -0.177. The number of carbonyl (C=O) groups is 4. The van der Waals surface area contributed by atoms with Gasteiger partial charge >= 0.3 is 23.9 Å². The molecule has 2 rings (SSSR count). The summed E-state index contributed by atoms with van der Waals surface area (Å²) in [5.41, 5.74) is -0.265. The monoisotopic (exact) mass is 556 g/mol. The zero-order valence-corrected chi connectivity index (χ0v) is 22.4. The van der Waals surface area contributed by atoms with Crippen LogP contribution in [-0.4, -0.2) is 95.1 Å². The first kappa shape index (κ1) is 30.7. The van der Waals surface area contributed by atoms with Crippen LogP contribution in [0.3, 0.4) is 0 Å². The molecule has 0 amide bonds. The van der Waals surface area contributed by atoms with Gasteiger partial charge in [0.15, 0.2) is 0 Å². The summed E-state index contributed by atoms with van der Waals surface area (Å²) in [6.45, 7) is 9.81. The molecule has 0 saturated carbocycles. The second-order valence-corrected chi connectivity index (χ2v) is 9.47. The van der Waals surface area contributed by atoms with Crippen molar-refractivity contribution in [3.8, 4) is 5.88 Å². The second-order valence-electron chi connectivity index (χ2n) is 8.94. The van der Waals surface area contributed by atoms with Gasteiger partial charge in [-0.05, 0) is 20.8 Å². The summed E-state index contributed by atoms with van der Waals surface area (Å²) in [5, 5.41) is 11.7. The van der Waals surface area contributed by atoms with Crippen LogP contribution >= 0.6 is 11.7 Å². The van der Waals surface area contributed by atoms with Gasteiger partial charge < -0.3 is 39.0 Å². The molecule has 2 atom stereocenters. The van der Waals surface area contributed by atoms with Crippen molar-refractivity contribution in [3.05, 3.63) is 24.3 Å². The molecule has 15 heteroatoms. The molecule has 1 aromatic heterocycles. The van der Waals surface area contributed by atoms with Gasteiger partial charge in [-0.3, -0.25) is 0 Å². The van der Waals surface area contributed by atoms with E-state index in [4.69, 9.17) is 28.8 Å². The summed E-state index contributed by atoms with van der Waals surface area (Å²) in [6.07, 6.45) is 0.876. The van der Waals surface area contributed by atoms with Crippen LogP contribution in [0, 0.1) is 0 Å². The number of carboxylic acids is 1. The van der Waals surface area contributed by atoms with Gasteiger partial charge in [0.1, 0.15) is 12.7 Å². The molecule has 1 aromatic rings. The first-order valence-corrected chi connectivity index (χ1v) is 12.4. The molecule has 0 bridgehead atoms. The molecular formula is C23H32N4O10S. The highest BCUT2D eigenvalue weighted by atomic mass is 32.1. The number of anilines is 1. The third-order valence-electron chi connectivity index (χ3n) is 4.58. The highest BCUT2D eigenvalue weighted by Gasteiger charge is 2.23. The fourth-order valence-corrected chi connectivity index (χ4v) is 3.39. The maximum absolute atomic E-state index is 12.4. The van der Waals surface area contributed by atoms with E-state index in [1.807, 2.05) is 25.7 Å². The number of morpholine rings is 1. The number of ether oxygens (including phenoxy) is 5. The molecule has 0 radical (unpaired) electrons. The van der Waals surface area contributed by atoms with E-state index in [1.165, 1.54) is 6.92 Å². The number of esters is 3. The lowest BCUT2D eigenvalue weighted by atomic mass is 10.1. The highest BCUT2D eigenvalue weighted by molar-refractivity contribution is 6.99. The number of aromatic nitrogens is 2. The van der Waals surface area contributed by atoms with Gasteiger partial charge in [0.25, 0.3) is 5.88 Å². The predicted molar refractivity (Wildman–Crippen MR) is 134 cm³/mol. The van der Waals surface area contributed by atoms with E-state index < -0.39 is 36.3 Å². The van der Waals surface area contributed by atoms with E-state index in [1.54, 1.807) is 0 Å². The number of hydrogen-bond donors (Lipinski definition) is 2. The molecule has 0 aliphatic carbocycles. The van der Waals surface area contributed by atoms with Crippen LogP contribution in [0.15, 0.2) is 24.3 Å². The lowest BCUT2D eigenvalue weighted by Gasteiger charge is -2.27. The Morgan fingerprint density at radius 3 is 2.18 bits per heavy atom. The molecule has 1 fully saturated rings. The van der Waals surface area contributed by atoms with E-state index >= 15 is 0 Å². The fraction of sp³-hybridized carbons (Fsp3) is 0.565. The number of aliphatic carboxylic acids is 1. The van der Waals surface area contributed by atoms with Gasteiger partial charge in [0.2, 0.25) is 12.1 Å². The molecule has 0 aromatic carbocycles. The first-order chi connectivity index (χ1) is 17.9. The molecule has 2 N–H and O–H groups in total. The minimum absolute atomic E-state index is 0.0211. The van der Waals surface area contributed by atoms with Gasteiger partial charge in [0, 0.05) is 56.4 Å². The SMILES string of the molecule is CC(OC(=O)/C=C\C(=O)O)OC(=O)/C=C/C(=O)O[C@@H](CNC(C)(C)C)COc1nsnc1N1CCOCC1. The van der Waals surface area contributed by atoms with Crippen molar-refractivity contribution in [3.63, 3.8) is 0 Å². The van der Waals surface area contributed by atoms with Crippen molar-refractivity contribution in [2.45, 2.75) is 45.6 Å². The molecule has 2 heterocycles. The Hall–Kier alpha value is -3.56.